The summed E-state index contributed by atoms with van der Waals surface area (Å²) in [4.78, 5) is 30.6. The summed E-state index contributed by atoms with van der Waals surface area (Å²) in [5, 5.41) is 15.4. The van der Waals surface area contributed by atoms with Gasteiger partial charge >= 0.3 is 0 Å². The van der Waals surface area contributed by atoms with Gasteiger partial charge in [0.2, 0.25) is 0 Å². The third kappa shape index (κ3) is 6.28. The third-order valence-electron chi connectivity index (χ3n) is 5.51. The number of thiazole rings is 1. The average molecular weight is 552 g/mol. The van der Waals surface area contributed by atoms with E-state index < -0.39 is 15.7 Å². The zero-order valence-corrected chi connectivity index (χ0v) is 22.1. The Bertz CT molecular complexity index is 1360. The van der Waals surface area contributed by atoms with Crippen molar-refractivity contribution in [2.45, 2.75) is 11.8 Å². The van der Waals surface area contributed by atoms with E-state index in [4.69, 9.17) is 16.7 Å². The lowest BCUT2D eigenvalue weighted by atomic mass is 10.3. The van der Waals surface area contributed by atoms with Crippen molar-refractivity contribution in [2.75, 3.05) is 61.1 Å². The fourth-order valence-electron chi connectivity index (χ4n) is 3.78. The van der Waals surface area contributed by atoms with E-state index in [1.54, 1.807) is 6.92 Å². The second kappa shape index (κ2) is 11.0. The van der Waals surface area contributed by atoms with Crippen molar-refractivity contribution in [3.05, 3.63) is 46.2 Å². The highest BCUT2D eigenvalue weighted by Gasteiger charge is 2.21. The Labute approximate surface area is 218 Å². The molecule has 1 aromatic carbocycles. The zero-order valence-electron chi connectivity index (χ0n) is 19.7. The van der Waals surface area contributed by atoms with Gasteiger partial charge in [-0.3, -0.25) is 9.69 Å². The van der Waals surface area contributed by atoms with Crippen LogP contribution in [0.4, 0.5) is 22.5 Å². The molecule has 4 rings (SSSR count). The lowest BCUT2D eigenvalue weighted by Gasteiger charge is -2.35. The molecule has 3 N–H and O–H groups in total. The number of aliphatic hydroxyl groups is 1. The van der Waals surface area contributed by atoms with Gasteiger partial charge in [-0.05, 0) is 19.1 Å². The molecule has 11 nitrogen and oxygen atoms in total. The first kappa shape index (κ1) is 26.2. The number of para-hydroxylation sites is 1. The number of carbonyl (C=O) groups is 1. The van der Waals surface area contributed by atoms with Crippen molar-refractivity contribution in [1.29, 1.82) is 0 Å². The van der Waals surface area contributed by atoms with Crippen molar-refractivity contribution in [2.24, 2.45) is 0 Å². The molecule has 1 aliphatic heterocycles. The maximum Gasteiger partial charge on any atom is 0.267 e. The molecule has 0 radical (unpaired) electrons. The number of hydrogen-bond donors (Lipinski definition) is 3. The minimum absolute atomic E-state index is 0.0322. The van der Waals surface area contributed by atoms with Crippen LogP contribution in [-0.4, -0.2) is 84.9 Å². The molecule has 2 aromatic heterocycles. The Hall–Kier alpha value is -2.84. The molecule has 192 valence electrons. The van der Waals surface area contributed by atoms with Gasteiger partial charge in [-0.1, -0.05) is 29.0 Å². The molecule has 1 amide bonds. The number of nitrogens with zero attached hydrogens (tertiary/aromatic N) is 5. The van der Waals surface area contributed by atoms with Crippen molar-refractivity contribution in [3.8, 4) is 0 Å². The summed E-state index contributed by atoms with van der Waals surface area (Å²) in [7, 11) is -3.60. The van der Waals surface area contributed by atoms with Crippen LogP contribution in [0.15, 0.2) is 35.4 Å². The number of aliphatic hydroxyl groups excluding tert-OH is 1. The Morgan fingerprint density at radius 3 is 2.67 bits per heavy atom. The van der Waals surface area contributed by atoms with E-state index in [2.05, 4.69) is 35.4 Å². The molecule has 0 atom stereocenters. The van der Waals surface area contributed by atoms with Crippen LogP contribution in [0, 0.1) is 6.92 Å². The fourth-order valence-corrected chi connectivity index (χ4v) is 5.63. The molecule has 0 saturated carbocycles. The van der Waals surface area contributed by atoms with Gasteiger partial charge in [0.05, 0.1) is 28.4 Å². The number of aromatic nitrogens is 3. The molecule has 1 aliphatic rings. The number of piperazine rings is 1. The minimum Gasteiger partial charge on any atom is -0.395 e. The van der Waals surface area contributed by atoms with E-state index in [9.17, 15) is 13.2 Å². The first-order chi connectivity index (χ1) is 17.1. The van der Waals surface area contributed by atoms with Gasteiger partial charge in [0.1, 0.15) is 22.3 Å². The predicted octanol–water partition coefficient (Wildman–Crippen LogP) is 2.41. The summed E-state index contributed by atoms with van der Waals surface area (Å²) in [6.07, 6.45) is 2.45. The van der Waals surface area contributed by atoms with Gasteiger partial charge < -0.3 is 20.6 Å². The molecule has 14 heteroatoms. The summed E-state index contributed by atoms with van der Waals surface area (Å²) < 4.78 is 24.2. The number of β-amino-alcohol motifs (C(OH)–C–C–N with tert-alkyl or cyclic N) is 1. The van der Waals surface area contributed by atoms with Crippen LogP contribution in [-0.2, 0) is 9.84 Å². The molecule has 3 aromatic rings. The number of amides is 1. The number of rotatable bonds is 8. The van der Waals surface area contributed by atoms with Crippen molar-refractivity contribution < 1.29 is 18.3 Å². The maximum atomic E-state index is 12.8. The third-order valence-corrected chi connectivity index (χ3v) is 7.88. The minimum atomic E-state index is -3.60. The van der Waals surface area contributed by atoms with Crippen molar-refractivity contribution in [3.63, 3.8) is 0 Å². The standard InChI is InChI=1S/C22H26ClN7O4S2/c1-14-25-18(12-19(26-14)30-8-6-29(7-9-30)10-11-31)27-22-24-13-16(35-22)21(32)28-20-15(23)4-3-5-17(20)36(2,33)34/h3-5,12-13,31H,6-11H2,1-2H3,(H,28,32)(H,24,25,26,27). The van der Waals surface area contributed by atoms with E-state index in [1.807, 2.05) is 6.07 Å². The topological polar surface area (TPSA) is 141 Å². The molecular formula is C22H26ClN7O4S2. The van der Waals surface area contributed by atoms with Crippen molar-refractivity contribution >= 4 is 61.1 Å². The average Bonchev–Trinajstić information content (AvgIpc) is 3.28. The van der Waals surface area contributed by atoms with Gasteiger partial charge in [-0.2, -0.15) is 0 Å². The normalized spacial score (nSPS) is 14.6. The molecule has 0 spiro atoms. The van der Waals surface area contributed by atoms with Crippen LogP contribution in [0.3, 0.4) is 0 Å². The summed E-state index contributed by atoms with van der Waals surface area (Å²) >= 11 is 7.26. The molecule has 0 unspecified atom stereocenters. The molecular weight excluding hydrogens is 526 g/mol. The second-order valence-corrected chi connectivity index (χ2v) is 11.6. The van der Waals surface area contributed by atoms with Crippen LogP contribution in [0.1, 0.15) is 15.5 Å². The zero-order chi connectivity index (χ0) is 25.9. The SMILES string of the molecule is Cc1nc(Nc2ncc(C(=O)Nc3c(Cl)cccc3S(C)(=O)=O)s2)cc(N2CCN(CCO)CC2)n1. The molecule has 1 fully saturated rings. The molecule has 0 bridgehead atoms. The monoisotopic (exact) mass is 551 g/mol. The van der Waals surface area contributed by atoms with E-state index in [1.165, 1.54) is 24.4 Å². The smallest absolute Gasteiger partial charge is 0.267 e. The maximum absolute atomic E-state index is 12.8. The van der Waals surface area contributed by atoms with Crippen LogP contribution >= 0.6 is 22.9 Å². The van der Waals surface area contributed by atoms with Crippen LogP contribution in [0.5, 0.6) is 0 Å². The Kier molecular flexibility index (Phi) is 8.05. The number of nitrogens with one attached hydrogen (secondary N) is 2. The first-order valence-corrected chi connectivity index (χ1v) is 14.2. The van der Waals surface area contributed by atoms with Gasteiger partial charge in [0, 0.05) is 45.0 Å². The molecule has 0 aliphatic carbocycles. The number of halogens is 1. The highest BCUT2D eigenvalue weighted by Crippen LogP contribution is 2.31. The number of aryl methyl sites for hydroxylation is 1. The van der Waals surface area contributed by atoms with E-state index in [0.29, 0.717) is 23.3 Å². The van der Waals surface area contributed by atoms with E-state index in [-0.39, 0.29) is 27.1 Å². The Balaban J connectivity index is 1.47. The number of carbonyl (C=O) groups excluding carboxylic acids is 1. The first-order valence-electron chi connectivity index (χ1n) is 11.1. The highest BCUT2D eigenvalue weighted by molar-refractivity contribution is 7.90. The van der Waals surface area contributed by atoms with Crippen LogP contribution < -0.4 is 15.5 Å². The molecule has 36 heavy (non-hydrogen) atoms. The van der Waals surface area contributed by atoms with Gasteiger partial charge in [0.15, 0.2) is 15.0 Å². The number of anilines is 4. The summed E-state index contributed by atoms with van der Waals surface area (Å²) in [6.45, 7) is 5.86. The van der Waals surface area contributed by atoms with Gasteiger partial charge in [-0.15, -0.1) is 0 Å². The van der Waals surface area contributed by atoms with Crippen molar-refractivity contribution in [1.82, 2.24) is 19.9 Å². The van der Waals surface area contributed by atoms with Crippen LogP contribution in [0.25, 0.3) is 0 Å². The lowest BCUT2D eigenvalue weighted by molar-refractivity contribution is 0.103. The molecule has 1 saturated heterocycles. The van der Waals surface area contributed by atoms with Crippen LogP contribution in [0.2, 0.25) is 5.02 Å². The number of hydrogen-bond acceptors (Lipinski definition) is 11. The largest absolute Gasteiger partial charge is 0.395 e. The second-order valence-electron chi connectivity index (χ2n) is 8.20. The number of benzene rings is 1. The molecule has 3 heterocycles. The van der Waals surface area contributed by atoms with E-state index >= 15 is 0 Å². The van der Waals surface area contributed by atoms with Gasteiger partial charge in [0.25, 0.3) is 5.91 Å². The summed E-state index contributed by atoms with van der Waals surface area (Å²) in [6, 6.07) is 6.24. The Morgan fingerprint density at radius 1 is 1.22 bits per heavy atom. The quantitative estimate of drug-likeness (QED) is 0.382. The predicted molar refractivity (Wildman–Crippen MR) is 140 cm³/mol. The van der Waals surface area contributed by atoms with Gasteiger partial charge in [-0.25, -0.2) is 23.4 Å². The fraction of sp³-hybridized carbons (Fsp3) is 0.364. The van der Waals surface area contributed by atoms with E-state index in [0.717, 1.165) is 49.6 Å². The highest BCUT2D eigenvalue weighted by atomic mass is 35.5. The Morgan fingerprint density at radius 2 is 1.97 bits per heavy atom. The summed E-state index contributed by atoms with van der Waals surface area (Å²) in [5.41, 5.74) is 0.0322. The summed E-state index contributed by atoms with van der Waals surface area (Å²) in [5.74, 6) is 1.39. The lowest BCUT2D eigenvalue weighted by Crippen LogP contribution is -2.47. The number of sulfone groups is 1.